The maximum atomic E-state index is 12.1. The van der Waals surface area contributed by atoms with Gasteiger partial charge in [0.25, 0.3) is 0 Å². The van der Waals surface area contributed by atoms with Crippen LogP contribution in [0.25, 0.3) is 0 Å². The molecule has 0 amide bonds. The number of aromatic nitrogens is 2. The number of hydrogen-bond donors (Lipinski definition) is 0. The Hall–Kier alpha value is -2.23. The van der Waals surface area contributed by atoms with Crippen molar-refractivity contribution < 1.29 is 4.79 Å². The molecule has 19 heavy (non-hydrogen) atoms. The number of ketones is 1. The van der Waals surface area contributed by atoms with E-state index >= 15 is 0 Å². The van der Waals surface area contributed by atoms with E-state index in [1.807, 2.05) is 19.1 Å². The molecule has 1 aromatic heterocycles. The van der Waals surface area contributed by atoms with Gasteiger partial charge in [-0.05, 0) is 26.8 Å². The maximum Gasteiger partial charge on any atom is 0.348 e. The zero-order valence-corrected chi connectivity index (χ0v) is 11.3. The molecule has 0 N–H and O–H groups in total. The Bertz CT molecular complexity index is 670. The van der Waals surface area contributed by atoms with Crippen molar-refractivity contribution >= 4 is 5.78 Å². The predicted molar refractivity (Wildman–Crippen MR) is 73.5 cm³/mol. The van der Waals surface area contributed by atoms with Crippen molar-refractivity contribution in [3.63, 3.8) is 0 Å². The first-order valence-electron chi connectivity index (χ1n) is 6.12. The number of carbonyl (C=O) groups is 1. The van der Waals surface area contributed by atoms with Crippen molar-refractivity contribution in [2.45, 2.75) is 27.3 Å². The summed E-state index contributed by atoms with van der Waals surface area (Å²) < 4.78 is 1.40. The molecule has 0 saturated carbocycles. The Kier molecular flexibility index (Phi) is 3.60. The van der Waals surface area contributed by atoms with Crippen molar-refractivity contribution in [1.82, 2.24) is 9.55 Å². The average molecular weight is 256 g/mol. The lowest BCUT2D eigenvalue weighted by molar-refractivity contribution is 0.0969. The van der Waals surface area contributed by atoms with E-state index in [1.54, 1.807) is 32.0 Å². The summed E-state index contributed by atoms with van der Waals surface area (Å²) in [5, 5.41) is 0. The number of nitrogens with zero attached hydrogens (tertiary/aromatic N) is 2. The van der Waals surface area contributed by atoms with Crippen molar-refractivity contribution in [3.8, 4) is 0 Å². The van der Waals surface area contributed by atoms with Crippen LogP contribution in [0.2, 0.25) is 0 Å². The third kappa shape index (κ3) is 2.96. The van der Waals surface area contributed by atoms with E-state index in [0.717, 1.165) is 11.3 Å². The Morgan fingerprint density at radius 2 is 1.79 bits per heavy atom. The number of carbonyl (C=O) groups excluding carboxylic acids is 1. The molecule has 0 radical (unpaired) electrons. The van der Waals surface area contributed by atoms with Gasteiger partial charge in [-0.25, -0.2) is 4.79 Å². The van der Waals surface area contributed by atoms with Crippen LogP contribution in [0.3, 0.4) is 0 Å². The summed E-state index contributed by atoms with van der Waals surface area (Å²) in [6, 6.07) is 9.12. The smallest absolute Gasteiger partial charge is 0.292 e. The lowest BCUT2D eigenvalue weighted by atomic mass is 10.1. The van der Waals surface area contributed by atoms with Crippen LogP contribution in [-0.4, -0.2) is 15.3 Å². The van der Waals surface area contributed by atoms with E-state index in [-0.39, 0.29) is 18.0 Å². The molecule has 98 valence electrons. The second-order valence-electron chi connectivity index (χ2n) is 4.70. The minimum Gasteiger partial charge on any atom is -0.292 e. The molecule has 0 atom stereocenters. The summed E-state index contributed by atoms with van der Waals surface area (Å²) in [5.74, 6) is -0.0872. The molecule has 0 spiro atoms. The fourth-order valence-corrected chi connectivity index (χ4v) is 1.94. The molecule has 4 heteroatoms. The number of benzene rings is 1. The van der Waals surface area contributed by atoms with Gasteiger partial charge in [0, 0.05) is 17.0 Å². The molecule has 0 fully saturated rings. The van der Waals surface area contributed by atoms with Crippen LogP contribution in [0, 0.1) is 20.8 Å². The highest BCUT2D eigenvalue weighted by atomic mass is 16.2. The quantitative estimate of drug-likeness (QED) is 0.790. The largest absolute Gasteiger partial charge is 0.348 e. The third-order valence-corrected chi connectivity index (χ3v) is 3.02. The lowest BCUT2D eigenvalue weighted by Crippen LogP contribution is -2.28. The SMILES string of the molecule is Cc1ccc(C(=O)Cn2c(C)cc(C)nc2=O)cc1. The van der Waals surface area contributed by atoms with Crippen LogP contribution in [0.4, 0.5) is 0 Å². The van der Waals surface area contributed by atoms with Crippen molar-refractivity contribution in [1.29, 1.82) is 0 Å². The molecule has 1 aromatic carbocycles. The summed E-state index contributed by atoms with van der Waals surface area (Å²) >= 11 is 0. The minimum absolute atomic E-state index is 0.0288. The van der Waals surface area contributed by atoms with E-state index in [1.165, 1.54) is 4.57 Å². The van der Waals surface area contributed by atoms with Crippen molar-refractivity contribution in [3.05, 3.63) is 63.3 Å². The first-order chi connectivity index (χ1) is 8.97. The first kappa shape index (κ1) is 13.2. The standard InChI is InChI=1S/C15H16N2O2/c1-10-4-6-13(7-5-10)14(18)9-17-12(3)8-11(2)16-15(17)19/h4-8H,9H2,1-3H3. The van der Waals surface area contributed by atoms with Gasteiger partial charge in [-0.2, -0.15) is 4.98 Å². The second-order valence-corrected chi connectivity index (χ2v) is 4.70. The highest BCUT2D eigenvalue weighted by molar-refractivity contribution is 5.95. The van der Waals surface area contributed by atoms with Crippen molar-refractivity contribution in [2.24, 2.45) is 0 Å². The van der Waals surface area contributed by atoms with Gasteiger partial charge in [-0.1, -0.05) is 29.8 Å². The van der Waals surface area contributed by atoms with Gasteiger partial charge in [-0.15, -0.1) is 0 Å². The fourth-order valence-electron chi connectivity index (χ4n) is 1.94. The Balaban J connectivity index is 2.29. The zero-order chi connectivity index (χ0) is 14.0. The number of hydrogen-bond acceptors (Lipinski definition) is 3. The molecular weight excluding hydrogens is 240 g/mol. The molecular formula is C15H16N2O2. The van der Waals surface area contributed by atoms with Crippen molar-refractivity contribution in [2.75, 3.05) is 0 Å². The van der Waals surface area contributed by atoms with Gasteiger partial charge in [0.15, 0.2) is 5.78 Å². The number of aryl methyl sites for hydroxylation is 3. The van der Waals surface area contributed by atoms with E-state index in [4.69, 9.17) is 0 Å². The van der Waals surface area contributed by atoms with Crippen LogP contribution in [0.15, 0.2) is 35.1 Å². The van der Waals surface area contributed by atoms with E-state index in [2.05, 4.69) is 4.98 Å². The van der Waals surface area contributed by atoms with E-state index < -0.39 is 0 Å². The molecule has 0 saturated heterocycles. The van der Waals surface area contributed by atoms with Gasteiger partial charge >= 0.3 is 5.69 Å². The van der Waals surface area contributed by atoms with Gasteiger partial charge in [0.05, 0.1) is 6.54 Å². The molecule has 0 aliphatic rings. The van der Waals surface area contributed by atoms with Gasteiger partial charge < -0.3 is 0 Å². The molecule has 2 aromatic rings. The number of Topliss-reactive ketones (excluding diaryl/α,β-unsaturated/α-hetero) is 1. The van der Waals surface area contributed by atoms with E-state index in [0.29, 0.717) is 11.3 Å². The molecule has 1 heterocycles. The predicted octanol–water partition coefficient (Wildman–Crippen LogP) is 2.05. The first-order valence-corrected chi connectivity index (χ1v) is 6.12. The number of rotatable bonds is 3. The minimum atomic E-state index is -0.377. The van der Waals surface area contributed by atoms with Crippen LogP contribution in [0.5, 0.6) is 0 Å². The molecule has 0 unspecified atom stereocenters. The molecule has 0 aliphatic carbocycles. The topological polar surface area (TPSA) is 52.0 Å². The molecule has 4 nitrogen and oxygen atoms in total. The van der Waals surface area contributed by atoms with E-state index in [9.17, 15) is 9.59 Å². The molecule has 0 aliphatic heterocycles. The summed E-state index contributed by atoms with van der Waals surface area (Å²) in [4.78, 5) is 27.8. The lowest BCUT2D eigenvalue weighted by Gasteiger charge is -2.09. The second kappa shape index (κ2) is 5.18. The monoisotopic (exact) mass is 256 g/mol. The zero-order valence-electron chi connectivity index (χ0n) is 11.3. The molecule has 2 rings (SSSR count). The van der Waals surface area contributed by atoms with Crippen LogP contribution in [0.1, 0.15) is 27.3 Å². The highest BCUT2D eigenvalue weighted by Crippen LogP contribution is 2.06. The Morgan fingerprint density at radius 3 is 2.37 bits per heavy atom. The Labute approximate surface area is 111 Å². The summed E-state index contributed by atoms with van der Waals surface area (Å²) in [5.41, 5.74) is 2.75. The summed E-state index contributed by atoms with van der Waals surface area (Å²) in [6.45, 7) is 5.56. The average Bonchev–Trinajstić information content (AvgIpc) is 2.34. The van der Waals surface area contributed by atoms with Crippen LogP contribution < -0.4 is 5.69 Å². The van der Waals surface area contributed by atoms with Crippen LogP contribution >= 0.6 is 0 Å². The van der Waals surface area contributed by atoms with Gasteiger partial charge in [-0.3, -0.25) is 9.36 Å². The Morgan fingerprint density at radius 1 is 1.16 bits per heavy atom. The van der Waals surface area contributed by atoms with Gasteiger partial charge in [0.1, 0.15) is 0 Å². The maximum absolute atomic E-state index is 12.1. The summed E-state index contributed by atoms with van der Waals surface area (Å²) in [7, 11) is 0. The fraction of sp³-hybridized carbons (Fsp3) is 0.267. The third-order valence-electron chi connectivity index (χ3n) is 3.02. The molecule has 0 bridgehead atoms. The highest BCUT2D eigenvalue weighted by Gasteiger charge is 2.10. The summed E-state index contributed by atoms with van der Waals surface area (Å²) in [6.07, 6.45) is 0. The normalized spacial score (nSPS) is 10.5. The van der Waals surface area contributed by atoms with Crippen LogP contribution in [-0.2, 0) is 6.54 Å². The van der Waals surface area contributed by atoms with Gasteiger partial charge in [0.2, 0.25) is 0 Å².